The molecule has 0 radical (unpaired) electrons. The van der Waals surface area contributed by atoms with E-state index in [0.717, 1.165) is 11.1 Å². The van der Waals surface area contributed by atoms with Crippen molar-refractivity contribution in [2.75, 3.05) is 20.2 Å². The Morgan fingerprint density at radius 3 is 2.90 bits per heavy atom. The molecule has 0 aliphatic carbocycles. The van der Waals surface area contributed by atoms with E-state index in [1.807, 2.05) is 43.0 Å². The first-order chi connectivity index (χ1) is 10.1. The van der Waals surface area contributed by atoms with Gasteiger partial charge >= 0.3 is 5.97 Å². The Labute approximate surface area is 123 Å². The van der Waals surface area contributed by atoms with Gasteiger partial charge in [0, 0.05) is 5.56 Å². The van der Waals surface area contributed by atoms with Gasteiger partial charge in [0.05, 0.1) is 20.2 Å². The Bertz CT molecular complexity index is 610. The maximum absolute atomic E-state index is 11.3. The highest BCUT2D eigenvalue weighted by Crippen LogP contribution is 2.18. The average molecular weight is 289 g/mol. The minimum absolute atomic E-state index is 0.210. The molecule has 1 aromatic heterocycles. The van der Waals surface area contributed by atoms with Crippen LogP contribution in [0.3, 0.4) is 0 Å². The number of aryl methyl sites for hydroxylation is 1. The highest BCUT2D eigenvalue weighted by atomic mass is 16.5. The standard InChI is InChI=1S/C15H19N3O3/c1-4-18(10-14(19)20-3)9-13-16-15(21-17-13)12-7-5-6-11(2)8-12/h5-8H,4,9-10H2,1-3H3. The summed E-state index contributed by atoms with van der Waals surface area (Å²) in [4.78, 5) is 17.6. The van der Waals surface area contributed by atoms with Gasteiger partial charge in [0.2, 0.25) is 0 Å². The van der Waals surface area contributed by atoms with E-state index in [-0.39, 0.29) is 12.5 Å². The number of carbonyl (C=O) groups is 1. The molecule has 2 rings (SSSR count). The van der Waals surface area contributed by atoms with Crippen LogP contribution in [-0.2, 0) is 16.1 Å². The van der Waals surface area contributed by atoms with Crippen molar-refractivity contribution in [3.8, 4) is 11.5 Å². The summed E-state index contributed by atoms with van der Waals surface area (Å²) in [5.41, 5.74) is 2.03. The van der Waals surface area contributed by atoms with Crippen molar-refractivity contribution in [2.45, 2.75) is 20.4 Å². The van der Waals surface area contributed by atoms with Gasteiger partial charge in [-0.05, 0) is 25.6 Å². The van der Waals surface area contributed by atoms with Gasteiger partial charge in [-0.15, -0.1) is 0 Å². The first-order valence-corrected chi connectivity index (χ1v) is 6.81. The molecule has 0 saturated carbocycles. The van der Waals surface area contributed by atoms with Crippen LogP contribution in [0.2, 0.25) is 0 Å². The smallest absolute Gasteiger partial charge is 0.319 e. The number of esters is 1. The molecule has 0 bridgehead atoms. The van der Waals surface area contributed by atoms with Gasteiger partial charge in [-0.2, -0.15) is 4.98 Å². The number of nitrogens with zero attached hydrogens (tertiary/aromatic N) is 3. The predicted octanol–water partition coefficient (Wildman–Crippen LogP) is 2.04. The molecule has 0 aliphatic heterocycles. The molecule has 112 valence electrons. The van der Waals surface area contributed by atoms with E-state index in [0.29, 0.717) is 24.8 Å². The highest BCUT2D eigenvalue weighted by molar-refractivity contribution is 5.71. The maximum Gasteiger partial charge on any atom is 0.319 e. The monoisotopic (exact) mass is 289 g/mol. The zero-order chi connectivity index (χ0) is 15.2. The molecule has 0 atom stereocenters. The Balaban J connectivity index is 2.07. The van der Waals surface area contributed by atoms with Gasteiger partial charge in [-0.1, -0.05) is 29.8 Å². The van der Waals surface area contributed by atoms with Crippen LogP contribution in [0, 0.1) is 6.92 Å². The Hall–Kier alpha value is -2.21. The Kier molecular flexibility index (Phi) is 5.05. The van der Waals surface area contributed by atoms with E-state index in [2.05, 4.69) is 14.9 Å². The van der Waals surface area contributed by atoms with Gasteiger partial charge in [0.25, 0.3) is 5.89 Å². The maximum atomic E-state index is 11.3. The van der Waals surface area contributed by atoms with Crippen LogP contribution in [0.5, 0.6) is 0 Å². The fourth-order valence-corrected chi connectivity index (χ4v) is 1.94. The largest absolute Gasteiger partial charge is 0.468 e. The lowest BCUT2D eigenvalue weighted by Crippen LogP contribution is -2.30. The lowest BCUT2D eigenvalue weighted by Gasteiger charge is -2.16. The predicted molar refractivity (Wildman–Crippen MR) is 77.4 cm³/mol. The molecular formula is C15H19N3O3. The molecule has 0 spiro atoms. The number of methoxy groups -OCH3 is 1. The Morgan fingerprint density at radius 2 is 2.24 bits per heavy atom. The SMILES string of the molecule is CCN(CC(=O)OC)Cc1noc(-c2cccc(C)c2)n1. The fourth-order valence-electron chi connectivity index (χ4n) is 1.94. The molecular weight excluding hydrogens is 270 g/mol. The van der Waals surface area contributed by atoms with Crippen molar-refractivity contribution >= 4 is 5.97 Å². The minimum Gasteiger partial charge on any atom is -0.468 e. The summed E-state index contributed by atoms with van der Waals surface area (Å²) in [6.45, 7) is 5.33. The van der Waals surface area contributed by atoms with E-state index in [1.54, 1.807) is 0 Å². The van der Waals surface area contributed by atoms with E-state index < -0.39 is 0 Å². The summed E-state index contributed by atoms with van der Waals surface area (Å²) >= 11 is 0. The van der Waals surface area contributed by atoms with Gasteiger partial charge in [-0.3, -0.25) is 9.69 Å². The molecule has 0 N–H and O–H groups in total. The topological polar surface area (TPSA) is 68.5 Å². The first-order valence-electron chi connectivity index (χ1n) is 6.81. The first kappa shape index (κ1) is 15.2. The zero-order valence-electron chi connectivity index (χ0n) is 12.5. The number of carbonyl (C=O) groups excluding carboxylic acids is 1. The number of aromatic nitrogens is 2. The van der Waals surface area contributed by atoms with Crippen LogP contribution < -0.4 is 0 Å². The van der Waals surface area contributed by atoms with Crippen molar-refractivity contribution in [1.82, 2.24) is 15.0 Å². The van der Waals surface area contributed by atoms with Crippen LogP contribution in [0.15, 0.2) is 28.8 Å². The third kappa shape index (κ3) is 4.13. The Morgan fingerprint density at radius 1 is 1.43 bits per heavy atom. The van der Waals surface area contributed by atoms with E-state index in [9.17, 15) is 4.79 Å². The molecule has 1 aromatic carbocycles. The van der Waals surface area contributed by atoms with Crippen LogP contribution in [0.25, 0.3) is 11.5 Å². The van der Waals surface area contributed by atoms with Gasteiger partial charge in [0.1, 0.15) is 0 Å². The number of ether oxygens (including phenoxy) is 1. The van der Waals surface area contributed by atoms with Crippen LogP contribution >= 0.6 is 0 Å². The number of rotatable bonds is 6. The van der Waals surface area contributed by atoms with Crippen LogP contribution in [0.1, 0.15) is 18.3 Å². The van der Waals surface area contributed by atoms with Crippen molar-refractivity contribution < 1.29 is 14.1 Å². The number of benzene rings is 1. The van der Waals surface area contributed by atoms with Crippen molar-refractivity contribution in [2.24, 2.45) is 0 Å². The summed E-state index contributed by atoms with van der Waals surface area (Å²) in [6, 6.07) is 7.87. The summed E-state index contributed by atoms with van der Waals surface area (Å²) < 4.78 is 9.94. The quantitative estimate of drug-likeness (QED) is 0.758. The fraction of sp³-hybridized carbons (Fsp3) is 0.400. The molecule has 0 saturated heterocycles. The summed E-state index contributed by atoms with van der Waals surface area (Å²) in [6.07, 6.45) is 0. The summed E-state index contributed by atoms with van der Waals surface area (Å²) in [5, 5.41) is 3.96. The van der Waals surface area contributed by atoms with E-state index >= 15 is 0 Å². The van der Waals surface area contributed by atoms with Crippen LogP contribution in [0.4, 0.5) is 0 Å². The van der Waals surface area contributed by atoms with Crippen molar-refractivity contribution in [1.29, 1.82) is 0 Å². The van der Waals surface area contributed by atoms with Crippen molar-refractivity contribution in [3.05, 3.63) is 35.7 Å². The molecule has 6 nitrogen and oxygen atoms in total. The summed E-state index contributed by atoms with van der Waals surface area (Å²) in [5.74, 6) is 0.763. The number of hydrogen-bond donors (Lipinski definition) is 0. The third-order valence-electron chi connectivity index (χ3n) is 3.13. The van der Waals surface area contributed by atoms with Gasteiger partial charge in [-0.25, -0.2) is 0 Å². The van der Waals surface area contributed by atoms with E-state index in [4.69, 9.17) is 4.52 Å². The zero-order valence-corrected chi connectivity index (χ0v) is 12.5. The molecule has 0 aliphatic rings. The molecule has 2 aromatic rings. The lowest BCUT2D eigenvalue weighted by molar-refractivity contribution is -0.142. The van der Waals surface area contributed by atoms with E-state index in [1.165, 1.54) is 7.11 Å². The number of likely N-dealkylation sites (N-methyl/N-ethyl adjacent to an activating group) is 1. The molecule has 6 heteroatoms. The van der Waals surface area contributed by atoms with Gasteiger partial charge < -0.3 is 9.26 Å². The molecule has 0 unspecified atom stereocenters. The second kappa shape index (κ2) is 6.99. The van der Waals surface area contributed by atoms with Gasteiger partial charge in [0.15, 0.2) is 5.82 Å². The normalized spacial score (nSPS) is 10.9. The van der Waals surface area contributed by atoms with Crippen LogP contribution in [-0.4, -0.2) is 41.2 Å². The lowest BCUT2D eigenvalue weighted by atomic mass is 10.1. The number of hydrogen-bond acceptors (Lipinski definition) is 6. The minimum atomic E-state index is -0.278. The molecule has 0 amide bonds. The molecule has 0 fully saturated rings. The molecule has 21 heavy (non-hydrogen) atoms. The second-order valence-corrected chi connectivity index (χ2v) is 4.76. The third-order valence-corrected chi connectivity index (χ3v) is 3.13. The highest BCUT2D eigenvalue weighted by Gasteiger charge is 2.14. The average Bonchev–Trinajstić information content (AvgIpc) is 2.95. The second-order valence-electron chi connectivity index (χ2n) is 4.76. The molecule has 1 heterocycles. The van der Waals surface area contributed by atoms with Crippen molar-refractivity contribution in [3.63, 3.8) is 0 Å². The summed E-state index contributed by atoms with van der Waals surface area (Å²) in [7, 11) is 1.38.